The molecule has 0 saturated carbocycles. The molecule has 70 heavy (non-hydrogen) atoms. The van der Waals surface area contributed by atoms with Gasteiger partial charge in [0.2, 0.25) is 0 Å². The van der Waals surface area contributed by atoms with Crippen molar-refractivity contribution in [3.63, 3.8) is 0 Å². The van der Waals surface area contributed by atoms with Crippen molar-refractivity contribution in [3.8, 4) is 11.1 Å². The number of anilines is 6. The molecule has 0 fully saturated rings. The molecule has 0 radical (unpaired) electrons. The van der Waals surface area contributed by atoms with Crippen molar-refractivity contribution in [2.24, 2.45) is 0 Å². The molecule has 1 aromatic heterocycles. The lowest BCUT2D eigenvalue weighted by Gasteiger charge is -2.48. The molecule has 0 unspecified atom stereocenters. The van der Waals surface area contributed by atoms with Crippen LogP contribution in [-0.2, 0) is 43.3 Å². The third-order valence-electron chi connectivity index (χ3n) is 18.7. The van der Waals surface area contributed by atoms with Crippen molar-refractivity contribution < 1.29 is 4.42 Å². The summed E-state index contributed by atoms with van der Waals surface area (Å²) in [5.74, 6) is 1.17. The van der Waals surface area contributed by atoms with E-state index in [0.29, 0.717) is 0 Å². The van der Waals surface area contributed by atoms with Gasteiger partial charge in [-0.3, -0.25) is 0 Å². The summed E-state index contributed by atoms with van der Waals surface area (Å²) in [5, 5.41) is 0. The highest BCUT2D eigenvalue weighted by atomic mass is 16.3. The van der Waals surface area contributed by atoms with Crippen LogP contribution in [0.25, 0.3) is 11.1 Å². The number of fused-ring (bicyclic) bond motifs is 8. The normalized spacial score (nSPS) is 20.7. The fourth-order valence-electron chi connectivity index (χ4n) is 13.6. The first kappa shape index (κ1) is 47.4. The maximum atomic E-state index is 7.90. The molecule has 0 N–H and O–H groups in total. The monoisotopic (exact) mass is 929 g/mol. The van der Waals surface area contributed by atoms with E-state index in [0.717, 1.165) is 31.3 Å². The minimum absolute atomic E-state index is 0.0284. The van der Waals surface area contributed by atoms with Gasteiger partial charge in [-0.2, -0.15) is 0 Å². The molecule has 4 heteroatoms. The van der Waals surface area contributed by atoms with Gasteiger partial charge in [0.05, 0.1) is 17.0 Å². The van der Waals surface area contributed by atoms with E-state index < -0.39 is 0 Å². The van der Waals surface area contributed by atoms with E-state index in [1.807, 2.05) is 0 Å². The minimum atomic E-state index is -0.141. The molecule has 3 nitrogen and oxygen atoms in total. The first-order chi connectivity index (χ1) is 32.4. The number of hydrogen-bond acceptors (Lipinski definition) is 3. The van der Waals surface area contributed by atoms with Crippen molar-refractivity contribution in [2.75, 3.05) is 9.80 Å². The summed E-state index contributed by atoms with van der Waals surface area (Å²) in [5.41, 5.74) is 23.7. The second-order valence-electron chi connectivity index (χ2n) is 28.6. The Morgan fingerprint density at radius 3 is 1.59 bits per heavy atom. The summed E-state index contributed by atoms with van der Waals surface area (Å²) in [6.07, 6.45) is 6.87. The molecule has 0 atom stereocenters. The second-order valence-corrected chi connectivity index (χ2v) is 28.6. The van der Waals surface area contributed by atoms with E-state index in [9.17, 15) is 0 Å². The van der Waals surface area contributed by atoms with Crippen molar-refractivity contribution in [2.45, 2.75) is 206 Å². The fraction of sp³-hybridized carbons (Fsp3) is 0.485. The van der Waals surface area contributed by atoms with E-state index in [4.69, 9.17) is 4.42 Å². The van der Waals surface area contributed by atoms with Gasteiger partial charge in [-0.1, -0.05) is 173 Å². The zero-order valence-corrected chi connectivity index (χ0v) is 46.3. The predicted octanol–water partition coefficient (Wildman–Crippen LogP) is 16.7. The summed E-state index contributed by atoms with van der Waals surface area (Å²) < 4.78 is 7.90. The Hall–Kier alpha value is -4.96. The maximum Gasteiger partial charge on any atom is 0.297 e. The average Bonchev–Trinajstić information content (AvgIpc) is 3.71. The Morgan fingerprint density at radius 1 is 0.457 bits per heavy atom. The number of benzene rings is 5. The SMILES string of the molecule is CC(C)(C)c1ccc(N2c3cc(C(C)(C)C)cc4c3B(c3cc5c(cc3N4c3ccc4c(c3)C(C)(C)CCC4(C)C)C(C)(C)CCC5(C)C)c3oc4c(c32)C(C)(C)CCC4(C)C)c(-c2ccccc2)c1. The molecule has 0 bridgehead atoms. The van der Waals surface area contributed by atoms with Crippen LogP contribution in [0.3, 0.4) is 0 Å². The quantitative estimate of drug-likeness (QED) is 0.165. The van der Waals surface area contributed by atoms with Gasteiger partial charge in [0, 0.05) is 39.3 Å². The first-order valence-corrected chi connectivity index (χ1v) is 26.9. The lowest BCUT2D eigenvalue weighted by atomic mass is 9.34. The maximum absolute atomic E-state index is 7.90. The second kappa shape index (κ2) is 14.8. The van der Waals surface area contributed by atoms with Gasteiger partial charge in [-0.25, -0.2) is 0 Å². The summed E-state index contributed by atoms with van der Waals surface area (Å²) in [4.78, 5) is 5.43. The highest BCUT2D eigenvalue weighted by Gasteiger charge is 2.54. The molecule has 0 saturated heterocycles. The Balaban J connectivity index is 1.33. The van der Waals surface area contributed by atoms with Crippen LogP contribution in [0.1, 0.15) is 208 Å². The van der Waals surface area contributed by atoms with Gasteiger partial charge in [-0.05, 0) is 169 Å². The van der Waals surface area contributed by atoms with Crippen LogP contribution in [-0.4, -0.2) is 6.71 Å². The van der Waals surface area contributed by atoms with Gasteiger partial charge in [0.15, 0.2) is 0 Å². The molecule has 11 rings (SSSR count). The fourth-order valence-corrected chi connectivity index (χ4v) is 13.6. The zero-order chi connectivity index (χ0) is 50.3. The van der Waals surface area contributed by atoms with Crippen LogP contribution in [0.2, 0.25) is 0 Å². The third-order valence-corrected chi connectivity index (χ3v) is 18.7. The summed E-state index contributed by atoms with van der Waals surface area (Å²) in [6, 6.07) is 36.6. The van der Waals surface area contributed by atoms with E-state index in [1.165, 1.54) is 114 Å². The lowest BCUT2D eigenvalue weighted by molar-refractivity contribution is 0.282. The van der Waals surface area contributed by atoms with E-state index in [1.54, 1.807) is 0 Å². The number of rotatable bonds is 3. The van der Waals surface area contributed by atoms with Crippen LogP contribution in [0.5, 0.6) is 0 Å². The van der Waals surface area contributed by atoms with Crippen LogP contribution < -0.4 is 26.4 Å². The predicted molar refractivity (Wildman–Crippen MR) is 301 cm³/mol. The molecule has 2 aliphatic heterocycles. The first-order valence-electron chi connectivity index (χ1n) is 26.9. The molecule has 0 spiro atoms. The third kappa shape index (κ3) is 7.01. The van der Waals surface area contributed by atoms with Gasteiger partial charge < -0.3 is 14.2 Å². The van der Waals surface area contributed by atoms with Crippen molar-refractivity contribution >= 4 is 57.4 Å². The summed E-state index contributed by atoms with van der Waals surface area (Å²) >= 11 is 0. The number of nitrogens with zero attached hydrogens (tertiary/aromatic N) is 2. The Labute approximate surface area is 423 Å². The average molecular weight is 929 g/mol. The van der Waals surface area contributed by atoms with Gasteiger partial charge in [-0.15, -0.1) is 0 Å². The minimum Gasteiger partial charge on any atom is -0.472 e. The topological polar surface area (TPSA) is 19.6 Å². The number of furan rings is 1. The molecule has 3 aliphatic carbocycles. The molecule has 6 aromatic rings. The van der Waals surface area contributed by atoms with Crippen LogP contribution in [0, 0.1) is 0 Å². The van der Waals surface area contributed by atoms with Gasteiger partial charge >= 0.3 is 0 Å². The Kier molecular flexibility index (Phi) is 10.0. The van der Waals surface area contributed by atoms with E-state index in [2.05, 4.69) is 225 Å². The Morgan fingerprint density at radius 2 is 0.986 bits per heavy atom. The molecule has 5 aromatic carbocycles. The molecular formula is C66H81BN2O. The standard InChI is InChI=1S/C66H81BN2O/c1-59(2,3)41-24-27-50(44(34-41)40-22-20-19-21-23-40)69-53-36-42(60(4,5)6)35-52-55(53)67(58-56(69)54-57(70-58)66(17,18)33-32-65(54,15)16)49-38-47-48(64(13,14)31-30-63(47,11)12)39-51(49)68(52)43-25-26-45-46(37-43)62(9,10)29-28-61(45,7)8/h19-27,34-39H,28-33H2,1-18H3. The highest BCUT2D eigenvalue weighted by molar-refractivity contribution is 6.99. The molecule has 5 aliphatic rings. The molecule has 364 valence electrons. The van der Waals surface area contributed by atoms with Gasteiger partial charge in [0.1, 0.15) is 5.76 Å². The van der Waals surface area contributed by atoms with Crippen LogP contribution >= 0.6 is 0 Å². The van der Waals surface area contributed by atoms with Crippen molar-refractivity contribution in [1.29, 1.82) is 0 Å². The van der Waals surface area contributed by atoms with Gasteiger partial charge in [0.25, 0.3) is 6.71 Å². The zero-order valence-electron chi connectivity index (χ0n) is 46.3. The Bertz CT molecular complexity index is 3140. The highest BCUT2D eigenvalue weighted by Crippen LogP contribution is 2.58. The lowest BCUT2D eigenvalue weighted by Crippen LogP contribution is -2.61. The summed E-state index contributed by atoms with van der Waals surface area (Å²) in [6.45, 7) is 43.8. The van der Waals surface area contributed by atoms with E-state index >= 15 is 0 Å². The largest absolute Gasteiger partial charge is 0.472 e. The van der Waals surface area contributed by atoms with Crippen LogP contribution in [0.4, 0.5) is 34.1 Å². The van der Waals surface area contributed by atoms with Crippen LogP contribution in [0.15, 0.2) is 95.4 Å². The van der Waals surface area contributed by atoms with Crippen molar-refractivity contribution in [3.05, 3.63) is 136 Å². The molecule has 0 amide bonds. The molecule has 3 heterocycles. The van der Waals surface area contributed by atoms with Crippen molar-refractivity contribution in [1.82, 2.24) is 0 Å². The number of hydrogen-bond donors (Lipinski definition) is 0. The van der Waals surface area contributed by atoms with E-state index in [-0.39, 0.29) is 50.0 Å². The molecular weight excluding hydrogens is 848 g/mol. The smallest absolute Gasteiger partial charge is 0.297 e. The summed E-state index contributed by atoms with van der Waals surface area (Å²) in [7, 11) is 0.